The monoisotopic (exact) mass is 230 g/mol. The lowest BCUT2D eigenvalue weighted by Crippen LogP contribution is -1.92. The zero-order valence-corrected chi connectivity index (χ0v) is 7.42. The Morgan fingerprint density at radius 3 is 2.83 bits per heavy atom. The SMILES string of the molecule is [2H]C1([2H])Oc2cc(Br)c(C=O)cc2O1. The van der Waals surface area contributed by atoms with Crippen LogP contribution in [0.3, 0.4) is 0 Å². The molecule has 0 aromatic heterocycles. The number of hydrogen-bond acceptors (Lipinski definition) is 3. The second-order valence-corrected chi connectivity index (χ2v) is 3.08. The second-order valence-electron chi connectivity index (χ2n) is 2.23. The lowest BCUT2D eigenvalue weighted by Gasteiger charge is -1.98. The standard InChI is InChI=1S/C8H5BrO3/c9-6-2-8-7(11-4-12-8)1-5(6)3-10/h1-3H,4H2/i4D2. The molecule has 0 saturated carbocycles. The number of hydrogen-bond donors (Lipinski definition) is 0. The van der Waals surface area contributed by atoms with Gasteiger partial charge in [0, 0.05) is 10.0 Å². The second kappa shape index (κ2) is 2.79. The Kier molecular flexibility index (Phi) is 1.30. The molecule has 0 N–H and O–H groups in total. The predicted octanol–water partition coefficient (Wildman–Crippen LogP) is 1.99. The van der Waals surface area contributed by atoms with Crippen molar-refractivity contribution in [3.8, 4) is 11.5 Å². The van der Waals surface area contributed by atoms with E-state index < -0.39 is 6.75 Å². The minimum Gasteiger partial charge on any atom is -0.454 e. The molecule has 4 heteroatoms. The van der Waals surface area contributed by atoms with Crippen LogP contribution in [-0.2, 0) is 0 Å². The minimum absolute atomic E-state index is 0.236. The Balaban J connectivity index is 2.49. The summed E-state index contributed by atoms with van der Waals surface area (Å²) in [5, 5.41) is 0. The van der Waals surface area contributed by atoms with Gasteiger partial charge in [-0.25, -0.2) is 0 Å². The molecule has 0 aliphatic carbocycles. The topological polar surface area (TPSA) is 35.5 Å². The van der Waals surface area contributed by atoms with Crippen LogP contribution in [0.5, 0.6) is 11.5 Å². The van der Waals surface area contributed by atoms with Crippen molar-refractivity contribution in [3.63, 3.8) is 0 Å². The van der Waals surface area contributed by atoms with E-state index >= 15 is 0 Å². The molecule has 0 atom stereocenters. The van der Waals surface area contributed by atoms with E-state index in [9.17, 15) is 4.79 Å². The van der Waals surface area contributed by atoms with Crippen LogP contribution in [0.15, 0.2) is 16.6 Å². The molecule has 1 aliphatic rings. The predicted molar refractivity (Wildman–Crippen MR) is 45.7 cm³/mol. The van der Waals surface area contributed by atoms with Crippen molar-refractivity contribution in [2.24, 2.45) is 0 Å². The molecule has 0 fully saturated rings. The van der Waals surface area contributed by atoms with Crippen LogP contribution in [0.1, 0.15) is 13.1 Å². The number of benzene rings is 1. The van der Waals surface area contributed by atoms with E-state index in [1.165, 1.54) is 12.1 Å². The van der Waals surface area contributed by atoms with Crippen LogP contribution < -0.4 is 9.47 Å². The van der Waals surface area contributed by atoms with Crippen LogP contribution in [0.25, 0.3) is 0 Å². The van der Waals surface area contributed by atoms with Crippen LogP contribution in [0, 0.1) is 0 Å². The van der Waals surface area contributed by atoms with Crippen LogP contribution in [0.2, 0.25) is 0 Å². The van der Waals surface area contributed by atoms with Gasteiger partial charge in [-0.2, -0.15) is 0 Å². The summed E-state index contributed by atoms with van der Waals surface area (Å²) in [7, 11) is 0. The number of carbonyl (C=O) groups excluding carboxylic acids is 1. The van der Waals surface area contributed by atoms with Crippen molar-refractivity contribution in [2.75, 3.05) is 6.75 Å². The number of halogens is 1. The van der Waals surface area contributed by atoms with Crippen LogP contribution in [0.4, 0.5) is 0 Å². The van der Waals surface area contributed by atoms with E-state index in [0.717, 1.165) is 0 Å². The Morgan fingerprint density at radius 2 is 2.17 bits per heavy atom. The zero-order valence-electron chi connectivity index (χ0n) is 7.83. The van der Waals surface area contributed by atoms with Gasteiger partial charge in [0.25, 0.3) is 0 Å². The van der Waals surface area contributed by atoms with Gasteiger partial charge in [-0.15, -0.1) is 0 Å². The molecule has 3 nitrogen and oxygen atoms in total. The Morgan fingerprint density at radius 1 is 1.50 bits per heavy atom. The lowest BCUT2D eigenvalue weighted by molar-refractivity contribution is 0.112. The highest BCUT2D eigenvalue weighted by Gasteiger charge is 2.15. The van der Waals surface area contributed by atoms with Gasteiger partial charge in [-0.05, 0) is 28.1 Å². The largest absolute Gasteiger partial charge is 0.454 e. The summed E-state index contributed by atoms with van der Waals surface area (Å²) >= 11 is 3.16. The molecule has 2 rings (SSSR count). The van der Waals surface area contributed by atoms with Gasteiger partial charge >= 0.3 is 0 Å². The number of aldehydes is 1. The fourth-order valence-corrected chi connectivity index (χ4v) is 1.33. The summed E-state index contributed by atoms with van der Waals surface area (Å²) in [6, 6.07) is 2.93. The molecule has 0 saturated heterocycles. The molecule has 1 aromatic rings. The van der Waals surface area contributed by atoms with Gasteiger partial charge in [0.15, 0.2) is 17.8 Å². The van der Waals surface area contributed by atoms with Crippen molar-refractivity contribution in [2.45, 2.75) is 0 Å². The van der Waals surface area contributed by atoms with Gasteiger partial charge in [-0.3, -0.25) is 4.79 Å². The average molecular weight is 231 g/mol. The Hall–Kier alpha value is -1.03. The first-order valence-corrected chi connectivity index (χ1v) is 3.98. The fourth-order valence-electron chi connectivity index (χ4n) is 0.911. The minimum atomic E-state index is -2.15. The maximum Gasteiger partial charge on any atom is 0.231 e. The summed E-state index contributed by atoms with van der Waals surface area (Å²) in [6.07, 6.45) is 0.654. The van der Waals surface area contributed by atoms with E-state index in [1.807, 2.05) is 0 Å². The number of fused-ring (bicyclic) bond motifs is 1. The van der Waals surface area contributed by atoms with Gasteiger partial charge in [0.1, 0.15) is 2.74 Å². The van der Waals surface area contributed by atoms with E-state index in [-0.39, 0.29) is 11.5 Å². The van der Waals surface area contributed by atoms with Crippen LogP contribution in [-0.4, -0.2) is 13.0 Å². The van der Waals surface area contributed by atoms with Gasteiger partial charge in [-0.1, -0.05) is 0 Å². The molecule has 0 amide bonds. The van der Waals surface area contributed by atoms with Crippen molar-refractivity contribution in [1.82, 2.24) is 0 Å². The number of rotatable bonds is 1. The summed E-state index contributed by atoms with van der Waals surface area (Å²) in [5.41, 5.74) is 0.394. The number of carbonyl (C=O) groups is 1. The first kappa shape index (κ1) is 5.59. The van der Waals surface area contributed by atoms with Gasteiger partial charge in [0.05, 0.1) is 0 Å². The zero-order chi connectivity index (χ0) is 10.3. The van der Waals surface area contributed by atoms with Gasteiger partial charge < -0.3 is 9.47 Å². The van der Waals surface area contributed by atoms with E-state index in [2.05, 4.69) is 15.9 Å². The maximum absolute atomic E-state index is 10.6. The highest BCUT2D eigenvalue weighted by atomic mass is 79.9. The molecule has 0 bridgehead atoms. The highest BCUT2D eigenvalue weighted by molar-refractivity contribution is 9.10. The number of ether oxygens (including phenoxy) is 2. The Bertz CT molecular complexity index is 406. The third-order valence-electron chi connectivity index (χ3n) is 1.49. The van der Waals surface area contributed by atoms with Crippen molar-refractivity contribution in [1.29, 1.82) is 0 Å². The van der Waals surface area contributed by atoms with E-state index in [1.54, 1.807) is 0 Å². The van der Waals surface area contributed by atoms with E-state index in [4.69, 9.17) is 12.2 Å². The highest BCUT2D eigenvalue weighted by Crippen LogP contribution is 2.36. The average Bonchev–Trinajstić information content (AvgIpc) is 2.36. The summed E-state index contributed by atoms with van der Waals surface area (Å²) < 4.78 is 24.6. The molecule has 0 radical (unpaired) electrons. The molecular weight excluding hydrogens is 224 g/mol. The molecule has 0 unspecified atom stereocenters. The summed E-state index contributed by atoms with van der Waals surface area (Å²) in [6.45, 7) is -2.15. The van der Waals surface area contributed by atoms with Crippen LogP contribution >= 0.6 is 15.9 Å². The fraction of sp³-hybridized carbons (Fsp3) is 0.125. The van der Waals surface area contributed by atoms with E-state index in [0.29, 0.717) is 16.3 Å². The molecule has 1 aromatic carbocycles. The van der Waals surface area contributed by atoms with Crippen molar-refractivity contribution < 1.29 is 17.0 Å². The molecular formula is C8H5BrO3. The first-order chi connectivity index (χ1) is 6.52. The Labute approximate surface area is 80.2 Å². The van der Waals surface area contributed by atoms with Gasteiger partial charge in [0.2, 0.25) is 6.75 Å². The summed E-state index contributed by atoms with van der Waals surface area (Å²) in [5.74, 6) is 0.521. The first-order valence-electron chi connectivity index (χ1n) is 4.18. The molecule has 62 valence electrons. The molecule has 12 heavy (non-hydrogen) atoms. The third-order valence-corrected chi connectivity index (χ3v) is 2.18. The smallest absolute Gasteiger partial charge is 0.231 e. The summed E-state index contributed by atoms with van der Waals surface area (Å²) in [4.78, 5) is 10.6. The third kappa shape index (κ3) is 1.08. The lowest BCUT2D eigenvalue weighted by atomic mass is 10.2. The molecule has 1 aliphatic heterocycles. The maximum atomic E-state index is 10.6. The van der Waals surface area contributed by atoms with Crippen molar-refractivity contribution >= 4 is 22.2 Å². The quantitative estimate of drug-likeness (QED) is 0.693. The van der Waals surface area contributed by atoms with Crippen molar-refractivity contribution in [3.05, 3.63) is 22.2 Å². The molecule has 0 spiro atoms. The normalized spacial score (nSPS) is 19.8. The molecule has 1 heterocycles.